The Bertz CT molecular complexity index is 408. The molecule has 17 heavy (non-hydrogen) atoms. The van der Waals surface area contributed by atoms with E-state index in [2.05, 4.69) is 15.3 Å². The van der Waals surface area contributed by atoms with Gasteiger partial charge in [-0.2, -0.15) is 0 Å². The van der Waals surface area contributed by atoms with Gasteiger partial charge >= 0.3 is 0 Å². The number of hydrogen-bond acceptors (Lipinski definition) is 3. The molecule has 1 aliphatic carbocycles. The van der Waals surface area contributed by atoms with Gasteiger partial charge in [0.05, 0.1) is 12.0 Å². The predicted octanol–water partition coefficient (Wildman–Crippen LogP) is -0.0536. The molecule has 1 aromatic rings. The molecule has 1 unspecified atom stereocenters. The monoisotopic (exact) mass is 234 g/mol. The van der Waals surface area contributed by atoms with Crippen LogP contribution in [-0.4, -0.2) is 47.0 Å². The number of nitrogens with one attached hydrogen (secondary N) is 2. The molecule has 2 aliphatic rings. The molecule has 2 N–H and O–H groups in total. The average Bonchev–Trinajstić information content (AvgIpc) is 2.86. The highest BCUT2D eigenvalue weighted by atomic mass is 16.2. The zero-order valence-corrected chi connectivity index (χ0v) is 9.91. The molecule has 2 heterocycles. The molecule has 0 bridgehead atoms. The number of hydrogen-bond donors (Lipinski definition) is 2. The third kappa shape index (κ3) is 2.07. The third-order valence-electron chi connectivity index (χ3n) is 3.77. The molecule has 0 radical (unpaired) electrons. The number of rotatable bonds is 1. The number of nitrogens with zero attached hydrogens (tertiary/aromatic N) is 2. The summed E-state index contributed by atoms with van der Waals surface area (Å²) < 4.78 is 0. The highest BCUT2D eigenvalue weighted by Gasteiger charge is 2.29. The Morgan fingerprint density at radius 3 is 3.06 bits per heavy atom. The van der Waals surface area contributed by atoms with Gasteiger partial charge in [-0.05, 0) is 12.8 Å². The average molecular weight is 234 g/mol. The van der Waals surface area contributed by atoms with Crippen molar-refractivity contribution in [3.63, 3.8) is 0 Å². The Balaban J connectivity index is 1.67. The Morgan fingerprint density at radius 2 is 2.24 bits per heavy atom. The van der Waals surface area contributed by atoms with E-state index in [4.69, 9.17) is 0 Å². The van der Waals surface area contributed by atoms with Gasteiger partial charge in [0.2, 0.25) is 5.91 Å². The maximum atomic E-state index is 12.3. The standard InChI is InChI=1S/C12H18N4O/c17-12(16-5-3-13-4-6-16)9-1-2-10-11(7-9)15-8-14-10/h8-9,13H,1-7H2,(H,14,15). The lowest BCUT2D eigenvalue weighted by atomic mass is 9.88. The fourth-order valence-electron chi connectivity index (χ4n) is 2.76. The third-order valence-corrected chi connectivity index (χ3v) is 3.77. The first kappa shape index (κ1) is 10.8. The molecular weight excluding hydrogens is 216 g/mol. The van der Waals surface area contributed by atoms with Gasteiger partial charge in [-0.15, -0.1) is 0 Å². The van der Waals surface area contributed by atoms with Crippen LogP contribution in [-0.2, 0) is 17.6 Å². The Morgan fingerprint density at radius 1 is 1.41 bits per heavy atom. The fourth-order valence-corrected chi connectivity index (χ4v) is 2.76. The molecule has 1 saturated heterocycles. The van der Waals surface area contributed by atoms with Crippen LogP contribution in [0, 0.1) is 5.92 Å². The van der Waals surface area contributed by atoms with E-state index in [1.807, 2.05) is 4.90 Å². The second-order valence-corrected chi connectivity index (χ2v) is 4.84. The zero-order chi connectivity index (χ0) is 11.7. The van der Waals surface area contributed by atoms with Gasteiger partial charge in [0.15, 0.2) is 0 Å². The molecule has 0 aromatic carbocycles. The molecule has 0 spiro atoms. The van der Waals surface area contributed by atoms with Crippen LogP contribution in [0.25, 0.3) is 0 Å². The predicted molar refractivity (Wildman–Crippen MR) is 63.6 cm³/mol. The summed E-state index contributed by atoms with van der Waals surface area (Å²) in [5.74, 6) is 0.479. The molecule has 5 nitrogen and oxygen atoms in total. The lowest BCUT2D eigenvalue weighted by Crippen LogP contribution is -2.49. The minimum absolute atomic E-state index is 0.154. The minimum atomic E-state index is 0.154. The summed E-state index contributed by atoms with van der Waals surface area (Å²) in [6.07, 6.45) is 4.45. The Labute approximate surface area is 101 Å². The van der Waals surface area contributed by atoms with E-state index in [1.54, 1.807) is 6.33 Å². The van der Waals surface area contributed by atoms with Crippen molar-refractivity contribution in [3.05, 3.63) is 17.7 Å². The van der Waals surface area contributed by atoms with Crippen LogP contribution >= 0.6 is 0 Å². The molecule has 5 heteroatoms. The van der Waals surface area contributed by atoms with Gasteiger partial charge in [0.1, 0.15) is 0 Å². The highest BCUT2D eigenvalue weighted by Crippen LogP contribution is 2.24. The van der Waals surface area contributed by atoms with Gasteiger partial charge in [-0.25, -0.2) is 4.98 Å². The van der Waals surface area contributed by atoms with E-state index in [-0.39, 0.29) is 5.92 Å². The van der Waals surface area contributed by atoms with Crippen LogP contribution < -0.4 is 5.32 Å². The summed E-state index contributed by atoms with van der Waals surface area (Å²) in [5, 5.41) is 3.27. The lowest BCUT2D eigenvalue weighted by Gasteiger charge is -2.32. The summed E-state index contributed by atoms with van der Waals surface area (Å²) in [4.78, 5) is 21.8. The van der Waals surface area contributed by atoms with Crippen LogP contribution in [0.2, 0.25) is 0 Å². The molecule has 92 valence electrons. The SMILES string of the molecule is O=C(C1CCc2nc[nH]c2C1)N1CCNCC1. The second kappa shape index (κ2) is 4.49. The van der Waals surface area contributed by atoms with Gasteiger partial charge in [-0.1, -0.05) is 0 Å². The van der Waals surface area contributed by atoms with Crippen LogP contribution in [0.4, 0.5) is 0 Å². The molecule has 1 atom stereocenters. The maximum Gasteiger partial charge on any atom is 0.226 e. The van der Waals surface area contributed by atoms with Crippen molar-refractivity contribution >= 4 is 5.91 Å². The number of piperazine rings is 1. The quantitative estimate of drug-likeness (QED) is 0.716. The Hall–Kier alpha value is -1.36. The fraction of sp³-hybridized carbons (Fsp3) is 0.667. The molecule has 1 fully saturated rings. The van der Waals surface area contributed by atoms with E-state index >= 15 is 0 Å². The number of fused-ring (bicyclic) bond motifs is 1. The van der Waals surface area contributed by atoms with Crippen LogP contribution in [0.15, 0.2) is 6.33 Å². The summed E-state index contributed by atoms with van der Waals surface area (Å²) in [7, 11) is 0. The summed E-state index contributed by atoms with van der Waals surface area (Å²) in [6.45, 7) is 3.55. The topological polar surface area (TPSA) is 61.0 Å². The molecule has 1 amide bonds. The molecule has 1 aromatic heterocycles. The number of carbonyl (C=O) groups is 1. The number of aromatic amines is 1. The summed E-state index contributed by atoms with van der Waals surface area (Å²) in [5.41, 5.74) is 2.30. The van der Waals surface area contributed by atoms with Crippen molar-refractivity contribution < 1.29 is 4.79 Å². The lowest BCUT2D eigenvalue weighted by molar-refractivity contribution is -0.136. The zero-order valence-electron chi connectivity index (χ0n) is 9.91. The maximum absolute atomic E-state index is 12.3. The molecule has 3 rings (SSSR count). The summed E-state index contributed by atoms with van der Waals surface area (Å²) in [6, 6.07) is 0. The van der Waals surface area contributed by atoms with Crippen LogP contribution in [0.5, 0.6) is 0 Å². The Kier molecular flexibility index (Phi) is 2.84. The van der Waals surface area contributed by atoms with Gasteiger partial charge in [-0.3, -0.25) is 4.79 Å². The van der Waals surface area contributed by atoms with Crippen molar-refractivity contribution in [1.29, 1.82) is 0 Å². The van der Waals surface area contributed by atoms with Crippen LogP contribution in [0.1, 0.15) is 17.8 Å². The first-order chi connectivity index (χ1) is 8.34. The van der Waals surface area contributed by atoms with Gasteiger partial charge in [0, 0.05) is 44.2 Å². The van der Waals surface area contributed by atoms with Crippen molar-refractivity contribution in [3.8, 4) is 0 Å². The number of carbonyl (C=O) groups excluding carboxylic acids is 1. The first-order valence-corrected chi connectivity index (χ1v) is 6.35. The van der Waals surface area contributed by atoms with E-state index in [0.717, 1.165) is 56.8 Å². The number of aryl methyl sites for hydroxylation is 1. The molecule has 1 aliphatic heterocycles. The second-order valence-electron chi connectivity index (χ2n) is 4.84. The van der Waals surface area contributed by atoms with Crippen molar-refractivity contribution in [2.24, 2.45) is 5.92 Å². The highest BCUT2D eigenvalue weighted by molar-refractivity contribution is 5.79. The van der Waals surface area contributed by atoms with Crippen molar-refractivity contribution in [1.82, 2.24) is 20.2 Å². The number of amides is 1. The summed E-state index contributed by atoms with van der Waals surface area (Å²) >= 11 is 0. The first-order valence-electron chi connectivity index (χ1n) is 6.35. The van der Waals surface area contributed by atoms with Crippen molar-refractivity contribution in [2.75, 3.05) is 26.2 Å². The minimum Gasteiger partial charge on any atom is -0.348 e. The van der Waals surface area contributed by atoms with Crippen molar-refractivity contribution in [2.45, 2.75) is 19.3 Å². The van der Waals surface area contributed by atoms with E-state index < -0.39 is 0 Å². The smallest absolute Gasteiger partial charge is 0.226 e. The van der Waals surface area contributed by atoms with Crippen LogP contribution in [0.3, 0.4) is 0 Å². The van der Waals surface area contributed by atoms with E-state index in [0.29, 0.717) is 5.91 Å². The van der Waals surface area contributed by atoms with E-state index in [1.165, 1.54) is 0 Å². The molecular formula is C12H18N4O. The van der Waals surface area contributed by atoms with E-state index in [9.17, 15) is 4.79 Å². The molecule has 0 saturated carbocycles. The number of H-pyrrole nitrogens is 1. The number of aromatic nitrogens is 2. The van der Waals surface area contributed by atoms with Gasteiger partial charge in [0.25, 0.3) is 0 Å². The number of imidazole rings is 1. The normalized spacial score (nSPS) is 24.5. The van der Waals surface area contributed by atoms with Gasteiger partial charge < -0.3 is 15.2 Å². The largest absolute Gasteiger partial charge is 0.348 e.